The fourth-order valence-electron chi connectivity index (χ4n) is 0.630. The number of ketones is 3. The number of nitrogens with one attached hydrogen (secondary N) is 2. The molecule has 0 radical (unpaired) electrons. The van der Waals surface area contributed by atoms with E-state index in [1.54, 1.807) is 0 Å². The third-order valence-corrected chi connectivity index (χ3v) is 1.37. The summed E-state index contributed by atoms with van der Waals surface area (Å²) in [6, 6.07) is -1.52. The first-order valence-electron chi connectivity index (χ1n) is 3.57. The summed E-state index contributed by atoms with van der Waals surface area (Å²) in [5, 5.41) is 24.9. The Morgan fingerprint density at radius 2 is 1.79 bits per heavy atom. The summed E-state index contributed by atoms with van der Waals surface area (Å²) < 4.78 is 0. The summed E-state index contributed by atoms with van der Waals surface area (Å²) in [7, 11) is 0. The lowest BCUT2D eigenvalue weighted by Gasteiger charge is -2.08. The van der Waals surface area contributed by atoms with Crippen LogP contribution in [0.3, 0.4) is 0 Å². The predicted molar refractivity (Wildman–Crippen MR) is 40.6 cm³/mol. The molecule has 0 saturated carbocycles. The average Bonchev–Trinajstić information content (AvgIpc) is 2.18. The molecule has 1 unspecified atom stereocenters. The van der Waals surface area contributed by atoms with Gasteiger partial charge < -0.3 is 15.5 Å². The van der Waals surface area contributed by atoms with E-state index in [2.05, 4.69) is 0 Å². The van der Waals surface area contributed by atoms with Gasteiger partial charge in [-0.15, -0.1) is 0 Å². The lowest BCUT2D eigenvalue weighted by atomic mass is 10.1. The van der Waals surface area contributed by atoms with Crippen LogP contribution in [0.15, 0.2) is 0 Å². The van der Waals surface area contributed by atoms with Crippen LogP contribution in [-0.4, -0.2) is 52.1 Å². The molecule has 0 rings (SSSR count). The molecule has 0 heterocycles. The van der Waals surface area contributed by atoms with Crippen LogP contribution in [0.25, 0.3) is 0 Å². The maximum absolute atomic E-state index is 11.0. The summed E-state index contributed by atoms with van der Waals surface area (Å²) in [6.07, 6.45) is 0. The molecule has 0 aromatic carbocycles. The molecule has 0 fully saturated rings. The van der Waals surface area contributed by atoms with Crippen LogP contribution in [0, 0.1) is 0 Å². The highest BCUT2D eigenvalue weighted by Gasteiger charge is 2.28. The molecule has 0 spiro atoms. The predicted octanol–water partition coefficient (Wildman–Crippen LogP) is -2.99. The quantitative estimate of drug-likeness (QED) is 0.169. The number of carbonyl (C=O) groups excluding carboxylic acids is 3. The van der Waals surface area contributed by atoms with Gasteiger partial charge in [0.05, 0.1) is 13.2 Å². The number of hydroxylamine groups is 2. The number of aliphatic hydroxyl groups is 1. The van der Waals surface area contributed by atoms with Crippen molar-refractivity contribution in [2.75, 3.05) is 13.2 Å². The normalized spacial score (nSPS) is 12.2. The van der Waals surface area contributed by atoms with Crippen LogP contribution in [0.5, 0.6) is 0 Å². The number of aliphatic hydroxyl groups excluding tert-OH is 1. The first-order chi connectivity index (χ1) is 6.58. The fourth-order valence-corrected chi connectivity index (χ4v) is 0.630. The maximum atomic E-state index is 11.0. The number of hydrogen-bond donors (Lipinski definition) is 5. The highest BCUT2D eigenvalue weighted by Crippen LogP contribution is 1.88. The SMILES string of the molecule is O=C(CNO)C(=O)C(=O)C(CO)NO. The third kappa shape index (κ3) is 3.28. The molecule has 8 nitrogen and oxygen atoms in total. The molecule has 8 heteroatoms. The lowest BCUT2D eigenvalue weighted by molar-refractivity contribution is -0.146. The molecule has 0 amide bonds. The van der Waals surface area contributed by atoms with E-state index in [1.165, 1.54) is 11.0 Å². The molecule has 0 bridgehead atoms. The van der Waals surface area contributed by atoms with Crippen LogP contribution in [0.4, 0.5) is 0 Å². The molecule has 80 valence electrons. The second-order valence-electron chi connectivity index (χ2n) is 2.32. The van der Waals surface area contributed by atoms with E-state index in [0.717, 1.165) is 0 Å². The van der Waals surface area contributed by atoms with Crippen molar-refractivity contribution in [3.63, 3.8) is 0 Å². The summed E-state index contributed by atoms with van der Waals surface area (Å²) in [5.41, 5.74) is 2.78. The number of carbonyl (C=O) groups is 3. The van der Waals surface area contributed by atoms with Crippen molar-refractivity contribution in [2.45, 2.75) is 6.04 Å². The van der Waals surface area contributed by atoms with Crippen LogP contribution in [-0.2, 0) is 14.4 Å². The molecule has 0 aliphatic heterocycles. The van der Waals surface area contributed by atoms with E-state index >= 15 is 0 Å². The van der Waals surface area contributed by atoms with Crippen LogP contribution in [0.2, 0.25) is 0 Å². The Kier molecular flexibility index (Phi) is 5.76. The zero-order valence-electron chi connectivity index (χ0n) is 7.06. The van der Waals surface area contributed by atoms with E-state index in [-0.39, 0.29) is 0 Å². The van der Waals surface area contributed by atoms with Crippen LogP contribution < -0.4 is 11.0 Å². The lowest BCUT2D eigenvalue weighted by Crippen LogP contribution is -2.45. The molecule has 0 aliphatic carbocycles. The Labute approximate surface area is 78.4 Å². The standard InChI is InChI=1S/C6H10N2O6/c9-2-3(8-14)5(11)6(12)4(10)1-7-13/h3,7-9,13-14H,1-2H2. The van der Waals surface area contributed by atoms with Crippen molar-refractivity contribution >= 4 is 17.3 Å². The summed E-state index contributed by atoms with van der Waals surface area (Å²) in [5.74, 6) is -3.84. The van der Waals surface area contributed by atoms with E-state index in [1.807, 2.05) is 0 Å². The topological polar surface area (TPSA) is 136 Å². The van der Waals surface area contributed by atoms with Gasteiger partial charge in [0.2, 0.25) is 11.6 Å². The minimum atomic E-state index is -1.52. The number of hydrogen-bond acceptors (Lipinski definition) is 8. The molecule has 14 heavy (non-hydrogen) atoms. The molecular formula is C6H10N2O6. The number of Topliss-reactive ketones (excluding diaryl/α,β-unsaturated/α-hetero) is 3. The highest BCUT2D eigenvalue weighted by molar-refractivity contribution is 6.65. The van der Waals surface area contributed by atoms with E-state index in [9.17, 15) is 14.4 Å². The van der Waals surface area contributed by atoms with E-state index < -0.39 is 36.5 Å². The molecule has 0 aromatic rings. The van der Waals surface area contributed by atoms with Crippen molar-refractivity contribution in [3.05, 3.63) is 0 Å². The second-order valence-corrected chi connectivity index (χ2v) is 2.32. The zero-order chi connectivity index (χ0) is 11.1. The van der Waals surface area contributed by atoms with Gasteiger partial charge >= 0.3 is 0 Å². The Bertz CT molecular complexity index is 236. The van der Waals surface area contributed by atoms with Crippen molar-refractivity contribution < 1.29 is 29.9 Å². The van der Waals surface area contributed by atoms with E-state index in [4.69, 9.17) is 15.5 Å². The molecule has 5 N–H and O–H groups in total. The molecular weight excluding hydrogens is 196 g/mol. The largest absolute Gasteiger partial charge is 0.394 e. The van der Waals surface area contributed by atoms with Gasteiger partial charge in [0.25, 0.3) is 5.78 Å². The Hall–Kier alpha value is -1.19. The van der Waals surface area contributed by atoms with Gasteiger partial charge in [-0.05, 0) is 0 Å². The monoisotopic (exact) mass is 206 g/mol. The highest BCUT2D eigenvalue weighted by atomic mass is 16.5. The minimum absolute atomic E-state index is 0.700. The molecule has 0 aromatic heterocycles. The van der Waals surface area contributed by atoms with Crippen LogP contribution >= 0.6 is 0 Å². The molecule has 0 saturated heterocycles. The summed E-state index contributed by atoms with van der Waals surface area (Å²) >= 11 is 0. The van der Waals surface area contributed by atoms with Crippen molar-refractivity contribution in [1.29, 1.82) is 0 Å². The van der Waals surface area contributed by atoms with Gasteiger partial charge in [0, 0.05) is 0 Å². The average molecular weight is 206 g/mol. The first-order valence-corrected chi connectivity index (χ1v) is 3.57. The van der Waals surface area contributed by atoms with Gasteiger partial charge in [0.1, 0.15) is 6.04 Å². The van der Waals surface area contributed by atoms with Crippen molar-refractivity contribution in [2.24, 2.45) is 0 Å². The zero-order valence-corrected chi connectivity index (χ0v) is 7.06. The Balaban J connectivity index is 4.37. The fraction of sp³-hybridized carbons (Fsp3) is 0.500. The minimum Gasteiger partial charge on any atom is -0.394 e. The molecule has 0 aliphatic rings. The maximum Gasteiger partial charge on any atom is 0.267 e. The summed E-state index contributed by atoms with van der Waals surface area (Å²) in [4.78, 5) is 32.6. The van der Waals surface area contributed by atoms with Crippen LogP contribution in [0.1, 0.15) is 0 Å². The van der Waals surface area contributed by atoms with Gasteiger partial charge in [-0.25, -0.2) is 0 Å². The van der Waals surface area contributed by atoms with Crippen molar-refractivity contribution in [1.82, 2.24) is 11.0 Å². The second kappa shape index (κ2) is 6.29. The number of rotatable bonds is 7. The first kappa shape index (κ1) is 12.8. The van der Waals surface area contributed by atoms with Crippen molar-refractivity contribution in [3.8, 4) is 0 Å². The smallest absolute Gasteiger partial charge is 0.267 e. The van der Waals surface area contributed by atoms with Gasteiger partial charge in [-0.1, -0.05) is 0 Å². The Morgan fingerprint density at radius 1 is 1.21 bits per heavy atom. The van der Waals surface area contributed by atoms with E-state index in [0.29, 0.717) is 0 Å². The van der Waals surface area contributed by atoms with Gasteiger partial charge in [0.15, 0.2) is 0 Å². The van der Waals surface area contributed by atoms with Gasteiger partial charge in [-0.3, -0.25) is 14.4 Å². The Morgan fingerprint density at radius 3 is 2.14 bits per heavy atom. The molecule has 1 atom stereocenters. The van der Waals surface area contributed by atoms with Gasteiger partial charge in [-0.2, -0.15) is 11.0 Å². The summed E-state index contributed by atoms with van der Waals surface area (Å²) in [6.45, 7) is -1.52. The third-order valence-electron chi connectivity index (χ3n) is 1.37.